The molecule has 114 valence electrons. The van der Waals surface area contributed by atoms with Crippen LogP contribution in [0.25, 0.3) is 0 Å². The van der Waals surface area contributed by atoms with E-state index in [1.807, 2.05) is 13.8 Å². The predicted molar refractivity (Wildman–Crippen MR) is 71.2 cm³/mol. The van der Waals surface area contributed by atoms with Crippen molar-refractivity contribution in [2.24, 2.45) is 11.8 Å². The number of nitrogens with one attached hydrogen (secondary N) is 1. The Bertz CT molecular complexity index is 385. The summed E-state index contributed by atoms with van der Waals surface area (Å²) in [6.45, 7) is 4.87. The number of amides is 1. The van der Waals surface area contributed by atoms with Crippen LogP contribution >= 0.6 is 0 Å². The first kappa shape index (κ1) is 16.4. The number of rotatable bonds is 6. The Morgan fingerprint density at radius 2 is 1.85 bits per heavy atom. The van der Waals surface area contributed by atoms with Crippen molar-refractivity contribution in [3.8, 4) is 0 Å². The van der Waals surface area contributed by atoms with Gasteiger partial charge in [-0.3, -0.25) is 14.4 Å². The first-order valence-electron chi connectivity index (χ1n) is 6.83. The van der Waals surface area contributed by atoms with E-state index in [1.54, 1.807) is 0 Å². The van der Waals surface area contributed by atoms with E-state index in [2.05, 4.69) is 5.32 Å². The molecule has 3 N–H and O–H groups in total. The van der Waals surface area contributed by atoms with E-state index in [0.717, 1.165) is 6.54 Å². The number of aliphatic carboxylic acids is 2. The van der Waals surface area contributed by atoms with E-state index in [4.69, 9.17) is 10.2 Å². The summed E-state index contributed by atoms with van der Waals surface area (Å²) >= 11 is 0. The topological polar surface area (TPSA) is 107 Å². The minimum Gasteiger partial charge on any atom is -0.481 e. The van der Waals surface area contributed by atoms with Crippen molar-refractivity contribution in [3.05, 3.63) is 0 Å². The Labute approximate surface area is 117 Å². The van der Waals surface area contributed by atoms with Crippen molar-refractivity contribution in [1.82, 2.24) is 10.2 Å². The first-order chi connectivity index (χ1) is 9.36. The van der Waals surface area contributed by atoms with Gasteiger partial charge in [0.05, 0.1) is 11.8 Å². The van der Waals surface area contributed by atoms with E-state index in [0.29, 0.717) is 6.54 Å². The molecule has 1 aliphatic heterocycles. The average molecular weight is 286 g/mol. The second-order valence-corrected chi connectivity index (χ2v) is 5.18. The number of likely N-dealkylation sites (tertiary alicyclic amines) is 1. The Kier molecular flexibility index (Phi) is 5.94. The van der Waals surface area contributed by atoms with Gasteiger partial charge in [-0.05, 0) is 19.9 Å². The number of piperidine rings is 1. The maximum absolute atomic E-state index is 12.1. The molecule has 0 aliphatic carbocycles. The SMILES string of the molecule is CCNC(C)CC(=O)N1CCC(C(=O)O)C(C(=O)O)C1. The first-order valence-corrected chi connectivity index (χ1v) is 6.83. The van der Waals surface area contributed by atoms with Crippen LogP contribution in [0.4, 0.5) is 0 Å². The molecule has 7 heteroatoms. The summed E-state index contributed by atoms with van der Waals surface area (Å²) < 4.78 is 0. The molecule has 7 nitrogen and oxygen atoms in total. The monoisotopic (exact) mass is 286 g/mol. The highest BCUT2D eigenvalue weighted by molar-refractivity contribution is 5.82. The van der Waals surface area contributed by atoms with Crippen LogP contribution in [0.5, 0.6) is 0 Å². The zero-order chi connectivity index (χ0) is 15.3. The molecule has 0 radical (unpaired) electrons. The minimum absolute atomic E-state index is 0.0213. The summed E-state index contributed by atoms with van der Waals surface area (Å²) in [5.41, 5.74) is 0. The third-order valence-electron chi connectivity index (χ3n) is 3.63. The lowest BCUT2D eigenvalue weighted by Crippen LogP contribution is -2.49. The molecule has 0 aromatic rings. The van der Waals surface area contributed by atoms with Crippen LogP contribution < -0.4 is 5.32 Å². The summed E-state index contributed by atoms with van der Waals surface area (Å²) in [5.74, 6) is -4.34. The highest BCUT2D eigenvalue weighted by atomic mass is 16.4. The van der Waals surface area contributed by atoms with Gasteiger partial charge in [-0.2, -0.15) is 0 Å². The second kappa shape index (κ2) is 7.23. The summed E-state index contributed by atoms with van der Waals surface area (Å²) in [4.78, 5) is 35.7. The van der Waals surface area contributed by atoms with Crippen molar-refractivity contribution in [1.29, 1.82) is 0 Å². The van der Waals surface area contributed by atoms with E-state index >= 15 is 0 Å². The van der Waals surface area contributed by atoms with Crippen molar-refractivity contribution in [2.75, 3.05) is 19.6 Å². The number of carbonyl (C=O) groups excluding carboxylic acids is 1. The van der Waals surface area contributed by atoms with Crippen LogP contribution in [0.3, 0.4) is 0 Å². The molecule has 0 aromatic carbocycles. The van der Waals surface area contributed by atoms with Crippen LogP contribution in [0.1, 0.15) is 26.7 Å². The maximum atomic E-state index is 12.1. The van der Waals surface area contributed by atoms with Gasteiger partial charge in [-0.1, -0.05) is 6.92 Å². The molecule has 1 amide bonds. The Morgan fingerprint density at radius 1 is 1.25 bits per heavy atom. The maximum Gasteiger partial charge on any atom is 0.309 e. The number of hydrogen-bond donors (Lipinski definition) is 3. The Balaban J connectivity index is 2.64. The number of nitrogens with zero attached hydrogens (tertiary/aromatic N) is 1. The van der Waals surface area contributed by atoms with E-state index < -0.39 is 23.8 Å². The van der Waals surface area contributed by atoms with E-state index in [1.165, 1.54) is 4.90 Å². The van der Waals surface area contributed by atoms with Gasteiger partial charge in [0.25, 0.3) is 0 Å². The number of carboxylic acid groups (broad SMARTS) is 2. The van der Waals surface area contributed by atoms with Crippen molar-refractivity contribution < 1.29 is 24.6 Å². The molecular weight excluding hydrogens is 264 g/mol. The quantitative estimate of drug-likeness (QED) is 0.635. The van der Waals surface area contributed by atoms with Gasteiger partial charge in [-0.15, -0.1) is 0 Å². The summed E-state index contributed by atoms with van der Waals surface area (Å²) in [6.07, 6.45) is 0.478. The molecular formula is C13H22N2O5. The highest BCUT2D eigenvalue weighted by Crippen LogP contribution is 2.25. The largest absolute Gasteiger partial charge is 0.481 e. The fraction of sp³-hybridized carbons (Fsp3) is 0.769. The van der Waals surface area contributed by atoms with Crippen molar-refractivity contribution in [3.63, 3.8) is 0 Å². The third-order valence-corrected chi connectivity index (χ3v) is 3.63. The van der Waals surface area contributed by atoms with Crippen LogP contribution in [-0.4, -0.2) is 58.6 Å². The fourth-order valence-corrected chi connectivity index (χ4v) is 2.54. The van der Waals surface area contributed by atoms with Crippen molar-refractivity contribution in [2.45, 2.75) is 32.7 Å². The van der Waals surface area contributed by atoms with Gasteiger partial charge in [-0.25, -0.2) is 0 Å². The average Bonchev–Trinajstić information content (AvgIpc) is 2.37. The highest BCUT2D eigenvalue weighted by Gasteiger charge is 2.40. The minimum atomic E-state index is -1.16. The lowest BCUT2D eigenvalue weighted by Gasteiger charge is -2.35. The van der Waals surface area contributed by atoms with E-state index in [9.17, 15) is 14.4 Å². The third kappa shape index (κ3) is 4.19. The van der Waals surface area contributed by atoms with Gasteiger partial charge in [0, 0.05) is 25.6 Å². The molecule has 1 rings (SSSR count). The molecule has 20 heavy (non-hydrogen) atoms. The van der Waals surface area contributed by atoms with E-state index in [-0.39, 0.29) is 31.3 Å². The van der Waals surface area contributed by atoms with Crippen molar-refractivity contribution >= 4 is 17.8 Å². The standard InChI is InChI=1S/C13H22N2O5/c1-3-14-8(2)6-11(16)15-5-4-9(12(17)18)10(7-15)13(19)20/h8-10,14H,3-7H2,1-2H3,(H,17,18)(H,19,20). The van der Waals surface area contributed by atoms with Crippen LogP contribution in [-0.2, 0) is 14.4 Å². The molecule has 3 unspecified atom stereocenters. The van der Waals surface area contributed by atoms with Gasteiger partial charge in [0.1, 0.15) is 0 Å². The molecule has 1 saturated heterocycles. The van der Waals surface area contributed by atoms with Crippen LogP contribution in [0, 0.1) is 11.8 Å². The molecule has 1 aliphatic rings. The molecule has 0 aromatic heterocycles. The lowest BCUT2D eigenvalue weighted by atomic mass is 9.85. The van der Waals surface area contributed by atoms with Gasteiger partial charge < -0.3 is 20.4 Å². The zero-order valence-electron chi connectivity index (χ0n) is 11.8. The summed E-state index contributed by atoms with van der Waals surface area (Å²) in [5, 5.41) is 21.2. The number of hydrogen-bond acceptors (Lipinski definition) is 4. The van der Waals surface area contributed by atoms with Crippen LogP contribution in [0.15, 0.2) is 0 Å². The molecule has 1 fully saturated rings. The fourth-order valence-electron chi connectivity index (χ4n) is 2.54. The smallest absolute Gasteiger partial charge is 0.309 e. The summed E-state index contributed by atoms with van der Waals surface area (Å²) in [7, 11) is 0. The molecule has 3 atom stereocenters. The molecule has 1 heterocycles. The molecule has 0 saturated carbocycles. The normalized spacial score (nSPS) is 24.2. The lowest BCUT2D eigenvalue weighted by molar-refractivity contribution is -0.159. The van der Waals surface area contributed by atoms with Gasteiger partial charge in [0.2, 0.25) is 5.91 Å². The zero-order valence-corrected chi connectivity index (χ0v) is 11.8. The van der Waals surface area contributed by atoms with Gasteiger partial charge >= 0.3 is 11.9 Å². The van der Waals surface area contributed by atoms with Gasteiger partial charge in [0.15, 0.2) is 0 Å². The Morgan fingerprint density at radius 3 is 2.35 bits per heavy atom. The van der Waals surface area contributed by atoms with Crippen LogP contribution in [0.2, 0.25) is 0 Å². The second-order valence-electron chi connectivity index (χ2n) is 5.18. The Hall–Kier alpha value is -1.63. The summed E-state index contributed by atoms with van der Waals surface area (Å²) in [6, 6.07) is 0.0213. The predicted octanol–water partition coefficient (Wildman–Crippen LogP) is 0.00840. The molecule has 0 bridgehead atoms. The number of carbonyl (C=O) groups is 3. The molecule has 0 spiro atoms. The number of carboxylic acids is 2.